The van der Waals surface area contributed by atoms with E-state index in [0.717, 1.165) is 0 Å². The van der Waals surface area contributed by atoms with Crippen LogP contribution in [0.25, 0.3) is 0 Å². The highest BCUT2D eigenvalue weighted by atomic mass is 32.1. The van der Waals surface area contributed by atoms with Crippen LogP contribution >= 0.6 is 11.3 Å². The average Bonchev–Trinajstić information content (AvgIpc) is 3.23. The van der Waals surface area contributed by atoms with E-state index in [9.17, 15) is 9.59 Å². The second-order valence-electron chi connectivity index (χ2n) is 4.92. The van der Waals surface area contributed by atoms with Gasteiger partial charge in [0, 0.05) is 17.9 Å². The number of anilines is 1. The van der Waals surface area contributed by atoms with E-state index < -0.39 is 5.91 Å². The van der Waals surface area contributed by atoms with E-state index in [4.69, 9.17) is 9.15 Å². The lowest BCUT2D eigenvalue weighted by molar-refractivity contribution is 0.0988. The molecular weight excluding hydrogens is 328 g/mol. The van der Waals surface area contributed by atoms with Crippen molar-refractivity contribution < 1.29 is 18.7 Å². The lowest BCUT2D eigenvalue weighted by atomic mass is 10.2. The van der Waals surface area contributed by atoms with Crippen LogP contribution in [0.4, 0.5) is 5.13 Å². The van der Waals surface area contributed by atoms with Gasteiger partial charge in [-0.3, -0.25) is 14.9 Å². The summed E-state index contributed by atoms with van der Waals surface area (Å²) in [6, 6.07) is 11.0. The number of hydrogen-bond donors (Lipinski definition) is 1. The number of amides is 1. The standard InChI is InChI=1S/C17H14N2O4S/c1-11(20)14-10-24-17(18-14)19-16(21)15-12(7-8-22-15)9-23-13-5-3-2-4-6-13/h2-8,10H,9H2,1H3,(H,18,19,21). The summed E-state index contributed by atoms with van der Waals surface area (Å²) < 4.78 is 10.9. The molecule has 7 heteroatoms. The Morgan fingerprint density at radius 1 is 1.25 bits per heavy atom. The summed E-state index contributed by atoms with van der Waals surface area (Å²) >= 11 is 1.18. The van der Waals surface area contributed by atoms with Crippen molar-refractivity contribution in [1.82, 2.24) is 4.98 Å². The molecule has 0 unspecified atom stereocenters. The average molecular weight is 342 g/mol. The molecule has 1 amide bonds. The molecule has 0 aliphatic heterocycles. The smallest absolute Gasteiger partial charge is 0.293 e. The van der Waals surface area contributed by atoms with Crippen molar-refractivity contribution in [2.45, 2.75) is 13.5 Å². The molecule has 1 N–H and O–H groups in total. The molecule has 6 nitrogen and oxygen atoms in total. The van der Waals surface area contributed by atoms with Crippen LogP contribution in [0.2, 0.25) is 0 Å². The summed E-state index contributed by atoms with van der Waals surface area (Å²) in [6.07, 6.45) is 1.43. The number of benzene rings is 1. The highest BCUT2D eigenvalue weighted by Crippen LogP contribution is 2.20. The third kappa shape index (κ3) is 3.69. The van der Waals surface area contributed by atoms with Crippen LogP contribution in [0.1, 0.15) is 33.5 Å². The van der Waals surface area contributed by atoms with E-state index in [1.165, 1.54) is 24.5 Å². The fraction of sp³-hybridized carbons (Fsp3) is 0.118. The number of furan rings is 1. The van der Waals surface area contributed by atoms with E-state index in [-0.39, 0.29) is 18.2 Å². The number of para-hydroxylation sites is 1. The zero-order valence-corrected chi connectivity index (χ0v) is 13.6. The Kier molecular flexibility index (Phi) is 4.72. The van der Waals surface area contributed by atoms with Crippen molar-refractivity contribution in [2.75, 3.05) is 5.32 Å². The van der Waals surface area contributed by atoms with E-state index >= 15 is 0 Å². The van der Waals surface area contributed by atoms with Crippen LogP contribution in [0.5, 0.6) is 5.75 Å². The summed E-state index contributed by atoms with van der Waals surface area (Å²) in [6.45, 7) is 1.63. The van der Waals surface area contributed by atoms with E-state index in [1.54, 1.807) is 11.4 Å². The molecule has 0 bridgehead atoms. The highest BCUT2D eigenvalue weighted by Gasteiger charge is 2.18. The van der Waals surface area contributed by atoms with Crippen molar-refractivity contribution in [3.63, 3.8) is 0 Å². The molecule has 0 fully saturated rings. The Bertz CT molecular complexity index is 854. The summed E-state index contributed by atoms with van der Waals surface area (Å²) in [7, 11) is 0. The Balaban J connectivity index is 1.67. The summed E-state index contributed by atoms with van der Waals surface area (Å²) in [5, 5.41) is 4.57. The molecule has 24 heavy (non-hydrogen) atoms. The van der Waals surface area contributed by atoms with Gasteiger partial charge in [0.1, 0.15) is 18.1 Å². The number of rotatable bonds is 6. The van der Waals surface area contributed by atoms with Crippen LogP contribution in [-0.4, -0.2) is 16.7 Å². The molecule has 3 rings (SSSR count). The molecule has 0 radical (unpaired) electrons. The molecule has 3 aromatic rings. The topological polar surface area (TPSA) is 81.4 Å². The van der Waals surface area contributed by atoms with Crippen LogP contribution in [-0.2, 0) is 6.61 Å². The quantitative estimate of drug-likeness (QED) is 0.690. The van der Waals surface area contributed by atoms with Crippen molar-refractivity contribution in [3.8, 4) is 5.75 Å². The van der Waals surface area contributed by atoms with Gasteiger partial charge in [0.2, 0.25) is 0 Å². The van der Waals surface area contributed by atoms with Gasteiger partial charge in [-0.15, -0.1) is 11.3 Å². The van der Waals surface area contributed by atoms with Crippen molar-refractivity contribution in [1.29, 1.82) is 0 Å². The van der Waals surface area contributed by atoms with Crippen LogP contribution in [0.15, 0.2) is 52.5 Å². The Hall–Kier alpha value is -2.93. The van der Waals surface area contributed by atoms with Gasteiger partial charge in [-0.2, -0.15) is 0 Å². The van der Waals surface area contributed by atoms with Crippen LogP contribution in [0, 0.1) is 0 Å². The highest BCUT2D eigenvalue weighted by molar-refractivity contribution is 7.14. The van der Waals surface area contributed by atoms with Gasteiger partial charge in [0.25, 0.3) is 5.91 Å². The number of nitrogens with one attached hydrogen (secondary N) is 1. The number of nitrogens with zero attached hydrogens (tertiary/aromatic N) is 1. The van der Waals surface area contributed by atoms with Gasteiger partial charge >= 0.3 is 0 Å². The number of aromatic nitrogens is 1. The third-order valence-electron chi connectivity index (χ3n) is 3.18. The predicted octanol–water partition coefficient (Wildman–Crippen LogP) is 3.77. The third-order valence-corrected chi connectivity index (χ3v) is 3.93. The van der Waals surface area contributed by atoms with Crippen LogP contribution < -0.4 is 10.1 Å². The van der Waals surface area contributed by atoms with Crippen molar-refractivity contribution in [3.05, 3.63) is 65.1 Å². The fourth-order valence-electron chi connectivity index (χ4n) is 1.97. The number of carbonyl (C=O) groups excluding carboxylic acids is 2. The van der Waals surface area contributed by atoms with Crippen molar-refractivity contribution >= 4 is 28.2 Å². The molecule has 0 saturated carbocycles. The van der Waals surface area contributed by atoms with Gasteiger partial charge in [0.05, 0.1) is 6.26 Å². The zero-order valence-electron chi connectivity index (χ0n) is 12.8. The molecule has 0 aliphatic rings. The number of carbonyl (C=O) groups is 2. The molecule has 0 spiro atoms. The zero-order chi connectivity index (χ0) is 16.9. The Labute approximate surface area is 142 Å². The molecule has 0 saturated heterocycles. The first-order valence-corrected chi connectivity index (χ1v) is 8.03. The first-order chi connectivity index (χ1) is 11.6. The minimum atomic E-state index is -0.434. The normalized spacial score (nSPS) is 10.4. The molecule has 1 aromatic carbocycles. The predicted molar refractivity (Wildman–Crippen MR) is 89.6 cm³/mol. The first kappa shape index (κ1) is 15.9. The van der Waals surface area contributed by atoms with Crippen LogP contribution in [0.3, 0.4) is 0 Å². The van der Waals surface area contributed by atoms with Crippen molar-refractivity contribution in [2.24, 2.45) is 0 Å². The molecule has 0 atom stereocenters. The summed E-state index contributed by atoms with van der Waals surface area (Å²) in [5.41, 5.74) is 0.946. The minimum absolute atomic E-state index is 0.151. The summed E-state index contributed by atoms with van der Waals surface area (Å²) in [4.78, 5) is 27.6. The second-order valence-corrected chi connectivity index (χ2v) is 5.78. The van der Waals surface area contributed by atoms with Gasteiger partial charge in [-0.25, -0.2) is 4.98 Å². The molecule has 122 valence electrons. The SMILES string of the molecule is CC(=O)c1csc(NC(=O)c2occc2COc2ccccc2)n1. The maximum absolute atomic E-state index is 12.3. The Morgan fingerprint density at radius 2 is 2.04 bits per heavy atom. The van der Waals surface area contributed by atoms with Gasteiger partial charge in [0.15, 0.2) is 16.7 Å². The van der Waals surface area contributed by atoms with E-state index in [0.29, 0.717) is 22.1 Å². The lowest BCUT2D eigenvalue weighted by Gasteiger charge is -2.06. The van der Waals surface area contributed by atoms with E-state index in [2.05, 4.69) is 10.3 Å². The second kappa shape index (κ2) is 7.10. The fourth-order valence-corrected chi connectivity index (χ4v) is 2.72. The summed E-state index contributed by atoms with van der Waals surface area (Å²) in [5.74, 6) is 0.277. The number of hydrogen-bond acceptors (Lipinski definition) is 6. The number of Topliss-reactive ketones (excluding diaryl/α,β-unsaturated/α-hetero) is 1. The maximum Gasteiger partial charge on any atom is 0.293 e. The monoisotopic (exact) mass is 342 g/mol. The molecular formula is C17H14N2O4S. The molecule has 2 aromatic heterocycles. The van der Waals surface area contributed by atoms with Gasteiger partial charge < -0.3 is 9.15 Å². The number of ketones is 1. The number of ether oxygens (including phenoxy) is 1. The number of thiazole rings is 1. The minimum Gasteiger partial charge on any atom is -0.489 e. The maximum atomic E-state index is 12.3. The lowest BCUT2D eigenvalue weighted by Crippen LogP contribution is -2.13. The molecule has 2 heterocycles. The largest absolute Gasteiger partial charge is 0.489 e. The van der Waals surface area contributed by atoms with E-state index in [1.807, 2.05) is 30.3 Å². The van der Waals surface area contributed by atoms with Gasteiger partial charge in [-0.05, 0) is 18.2 Å². The first-order valence-electron chi connectivity index (χ1n) is 7.15. The molecule has 0 aliphatic carbocycles. The van der Waals surface area contributed by atoms with Gasteiger partial charge in [-0.1, -0.05) is 18.2 Å². The Morgan fingerprint density at radius 3 is 2.75 bits per heavy atom.